The van der Waals surface area contributed by atoms with E-state index in [4.69, 9.17) is 16.3 Å². The van der Waals surface area contributed by atoms with Crippen LogP contribution in [0.3, 0.4) is 0 Å². The largest absolute Gasteiger partial charge is 0.495 e. The number of amides is 1. The number of rotatable bonds is 7. The average molecular weight is 384 g/mol. The third-order valence-electron chi connectivity index (χ3n) is 3.33. The Morgan fingerprint density at radius 1 is 1.28 bits per heavy atom. The fraction of sp³-hybridized carbons (Fsp3) is 0.250. The topological polar surface area (TPSA) is 88.6 Å². The monoisotopic (exact) mass is 383 g/mol. The maximum Gasteiger partial charge on any atom is 0.239 e. The second kappa shape index (κ2) is 8.28. The summed E-state index contributed by atoms with van der Waals surface area (Å²) in [5.41, 5.74) is 1.10. The summed E-state index contributed by atoms with van der Waals surface area (Å²) < 4.78 is 30.2. The molecule has 134 valence electrons. The van der Waals surface area contributed by atoms with Gasteiger partial charge in [0.15, 0.2) is 0 Å². The molecule has 1 aromatic carbocycles. The molecule has 0 radical (unpaired) electrons. The molecule has 0 atom stereocenters. The summed E-state index contributed by atoms with van der Waals surface area (Å²) in [7, 11) is -2.12. The Bertz CT molecular complexity index is 844. The van der Waals surface area contributed by atoms with Crippen LogP contribution in [0.4, 0.5) is 5.69 Å². The van der Waals surface area contributed by atoms with Gasteiger partial charge in [-0.05, 0) is 35.9 Å². The van der Waals surface area contributed by atoms with Crippen molar-refractivity contribution in [2.75, 3.05) is 25.2 Å². The van der Waals surface area contributed by atoms with Crippen LogP contribution in [0.5, 0.6) is 5.75 Å². The van der Waals surface area contributed by atoms with Gasteiger partial charge in [0.2, 0.25) is 15.9 Å². The summed E-state index contributed by atoms with van der Waals surface area (Å²) >= 11 is 5.92. The SMILES string of the molecule is COc1ccc(Cl)cc1NC(=O)CN(Cc1ccncc1)S(C)(=O)=O. The number of carbonyl (C=O) groups excluding carboxylic acids is 1. The van der Waals surface area contributed by atoms with Crippen LogP contribution in [0.15, 0.2) is 42.7 Å². The van der Waals surface area contributed by atoms with Crippen LogP contribution in [-0.2, 0) is 21.4 Å². The van der Waals surface area contributed by atoms with Crippen molar-refractivity contribution in [3.63, 3.8) is 0 Å². The lowest BCUT2D eigenvalue weighted by Crippen LogP contribution is -2.36. The minimum Gasteiger partial charge on any atom is -0.495 e. The summed E-state index contributed by atoms with van der Waals surface area (Å²) in [6.45, 7) is -0.266. The molecular formula is C16H18ClN3O4S. The second-order valence-corrected chi connectivity index (χ2v) is 7.70. The maximum atomic E-state index is 12.3. The van der Waals surface area contributed by atoms with Crippen molar-refractivity contribution in [3.05, 3.63) is 53.3 Å². The number of benzene rings is 1. The van der Waals surface area contributed by atoms with Crippen molar-refractivity contribution in [2.45, 2.75) is 6.54 Å². The fourth-order valence-electron chi connectivity index (χ4n) is 2.11. The van der Waals surface area contributed by atoms with E-state index in [1.54, 1.807) is 36.7 Å². The number of hydrogen-bond acceptors (Lipinski definition) is 5. The van der Waals surface area contributed by atoms with Gasteiger partial charge in [0.1, 0.15) is 5.75 Å². The zero-order valence-corrected chi connectivity index (χ0v) is 15.3. The standard InChI is InChI=1S/C16H18ClN3O4S/c1-24-15-4-3-13(17)9-14(15)19-16(21)11-20(25(2,22)23)10-12-5-7-18-8-6-12/h3-9H,10-11H2,1-2H3,(H,19,21). The molecule has 0 saturated carbocycles. The Morgan fingerprint density at radius 2 is 1.96 bits per heavy atom. The van der Waals surface area contributed by atoms with E-state index in [-0.39, 0.29) is 13.1 Å². The highest BCUT2D eigenvalue weighted by Crippen LogP contribution is 2.27. The third-order valence-corrected chi connectivity index (χ3v) is 4.76. The van der Waals surface area contributed by atoms with Gasteiger partial charge in [0.25, 0.3) is 0 Å². The molecule has 0 saturated heterocycles. The highest BCUT2D eigenvalue weighted by Gasteiger charge is 2.21. The molecule has 0 aliphatic carbocycles. The number of ether oxygens (including phenoxy) is 1. The predicted molar refractivity (Wildman–Crippen MR) is 96.1 cm³/mol. The maximum absolute atomic E-state index is 12.3. The summed E-state index contributed by atoms with van der Waals surface area (Å²) in [6, 6.07) is 8.16. The number of anilines is 1. The van der Waals surface area contributed by atoms with Crippen LogP contribution in [-0.4, -0.2) is 43.5 Å². The highest BCUT2D eigenvalue weighted by atomic mass is 35.5. The van der Waals surface area contributed by atoms with Crippen LogP contribution >= 0.6 is 11.6 Å². The van der Waals surface area contributed by atoms with Crippen LogP contribution in [0.25, 0.3) is 0 Å². The number of halogens is 1. The van der Waals surface area contributed by atoms with E-state index in [2.05, 4.69) is 10.3 Å². The van der Waals surface area contributed by atoms with Crippen molar-refractivity contribution in [1.29, 1.82) is 0 Å². The Kier molecular flexibility index (Phi) is 6.35. The Balaban J connectivity index is 2.14. The first-order valence-electron chi connectivity index (χ1n) is 7.27. The summed E-state index contributed by atoms with van der Waals surface area (Å²) in [5.74, 6) is -0.0714. The molecule has 0 spiro atoms. The molecule has 0 aliphatic rings. The highest BCUT2D eigenvalue weighted by molar-refractivity contribution is 7.88. The number of carbonyl (C=O) groups is 1. The molecule has 1 aromatic heterocycles. The smallest absolute Gasteiger partial charge is 0.239 e. The molecule has 2 aromatic rings. The minimum absolute atomic E-state index is 0.0709. The average Bonchev–Trinajstić information content (AvgIpc) is 2.54. The first-order valence-corrected chi connectivity index (χ1v) is 9.49. The molecule has 0 unspecified atom stereocenters. The van der Waals surface area contributed by atoms with Crippen LogP contribution in [0.2, 0.25) is 5.02 Å². The van der Waals surface area contributed by atoms with Crippen molar-refractivity contribution < 1.29 is 17.9 Å². The van der Waals surface area contributed by atoms with Gasteiger partial charge in [-0.15, -0.1) is 0 Å². The van der Waals surface area contributed by atoms with Gasteiger partial charge in [-0.3, -0.25) is 9.78 Å². The van der Waals surface area contributed by atoms with Crippen LogP contribution in [0.1, 0.15) is 5.56 Å². The van der Waals surface area contributed by atoms with Gasteiger partial charge < -0.3 is 10.1 Å². The number of hydrogen-bond donors (Lipinski definition) is 1. The lowest BCUT2D eigenvalue weighted by atomic mass is 10.2. The molecule has 7 nitrogen and oxygen atoms in total. The fourth-order valence-corrected chi connectivity index (χ4v) is 3.02. The van der Waals surface area contributed by atoms with Crippen molar-refractivity contribution in [2.24, 2.45) is 0 Å². The zero-order valence-electron chi connectivity index (χ0n) is 13.8. The zero-order chi connectivity index (χ0) is 18.4. The predicted octanol–water partition coefficient (Wildman–Crippen LogP) is 2.14. The van der Waals surface area contributed by atoms with Gasteiger partial charge in [0.05, 0.1) is 25.6 Å². The summed E-state index contributed by atoms with van der Waals surface area (Å²) in [5, 5.41) is 3.05. The van der Waals surface area contributed by atoms with Gasteiger partial charge >= 0.3 is 0 Å². The normalized spacial score (nSPS) is 11.4. The van der Waals surface area contributed by atoms with Gasteiger partial charge in [-0.25, -0.2) is 8.42 Å². The number of nitrogens with one attached hydrogen (secondary N) is 1. The van der Waals surface area contributed by atoms with E-state index in [1.807, 2.05) is 0 Å². The van der Waals surface area contributed by atoms with Crippen LogP contribution < -0.4 is 10.1 Å². The Labute approximate surface area is 151 Å². The molecule has 25 heavy (non-hydrogen) atoms. The lowest BCUT2D eigenvalue weighted by Gasteiger charge is -2.20. The molecule has 1 heterocycles. The molecule has 1 amide bonds. The van der Waals surface area contributed by atoms with Crippen molar-refractivity contribution in [1.82, 2.24) is 9.29 Å². The third kappa shape index (κ3) is 5.70. The van der Waals surface area contributed by atoms with E-state index < -0.39 is 15.9 Å². The Morgan fingerprint density at radius 3 is 2.56 bits per heavy atom. The van der Waals surface area contributed by atoms with E-state index >= 15 is 0 Å². The molecule has 0 aliphatic heterocycles. The summed E-state index contributed by atoms with van der Waals surface area (Å²) in [4.78, 5) is 16.2. The minimum atomic E-state index is -3.58. The van der Waals surface area contributed by atoms with Gasteiger partial charge in [-0.2, -0.15) is 4.31 Å². The van der Waals surface area contributed by atoms with E-state index in [0.717, 1.165) is 16.1 Å². The second-order valence-electron chi connectivity index (χ2n) is 5.28. The molecule has 0 bridgehead atoms. The molecule has 1 N–H and O–H groups in total. The van der Waals surface area contributed by atoms with E-state index in [0.29, 0.717) is 16.5 Å². The molecule has 2 rings (SSSR count). The number of sulfonamides is 1. The Hall–Kier alpha value is -2.16. The summed E-state index contributed by atoms with van der Waals surface area (Å²) in [6.07, 6.45) is 4.18. The lowest BCUT2D eigenvalue weighted by molar-refractivity contribution is -0.116. The molecular weight excluding hydrogens is 366 g/mol. The van der Waals surface area contributed by atoms with Crippen molar-refractivity contribution in [3.8, 4) is 5.75 Å². The van der Waals surface area contributed by atoms with E-state index in [1.165, 1.54) is 13.2 Å². The first kappa shape index (κ1) is 19.2. The van der Waals surface area contributed by atoms with Crippen LogP contribution in [0, 0.1) is 0 Å². The van der Waals surface area contributed by atoms with Crippen molar-refractivity contribution >= 4 is 33.2 Å². The number of pyridine rings is 1. The number of methoxy groups -OCH3 is 1. The first-order chi connectivity index (χ1) is 11.8. The number of nitrogens with zero attached hydrogens (tertiary/aromatic N) is 2. The van der Waals surface area contributed by atoms with Gasteiger partial charge in [0, 0.05) is 24.0 Å². The van der Waals surface area contributed by atoms with E-state index in [9.17, 15) is 13.2 Å². The molecule has 0 fully saturated rings. The van der Waals surface area contributed by atoms with Gasteiger partial charge in [-0.1, -0.05) is 11.6 Å². The quantitative estimate of drug-likeness (QED) is 0.791. The number of aromatic nitrogens is 1. The molecule has 9 heteroatoms.